The molecule has 1 amide bonds. The highest BCUT2D eigenvalue weighted by Gasteiger charge is 2.31. The molecule has 0 radical (unpaired) electrons. The molecule has 194 valence electrons. The average molecular weight is 512 g/mol. The number of hydrogen-bond acceptors (Lipinski definition) is 7. The van der Waals surface area contributed by atoms with Crippen molar-refractivity contribution in [3.63, 3.8) is 0 Å². The van der Waals surface area contributed by atoms with Gasteiger partial charge in [-0.05, 0) is 50.5 Å². The van der Waals surface area contributed by atoms with Gasteiger partial charge in [-0.15, -0.1) is 0 Å². The number of nitrogens with zero attached hydrogens (tertiary/aromatic N) is 7. The number of nitriles is 1. The smallest absolute Gasteiger partial charge is 0.244 e. The van der Waals surface area contributed by atoms with Gasteiger partial charge in [0, 0.05) is 42.3 Å². The highest BCUT2D eigenvalue weighted by atomic mass is 16.5. The SMILES string of the molecule is CCC(C(=O)c1cnn2cccnc12)c1cn(CC(=O)N2CCCC2C)nc1-c1cc(C#N)ccc1OC. The molecule has 4 heterocycles. The molecule has 10 nitrogen and oxygen atoms in total. The number of benzene rings is 1. The Balaban J connectivity index is 1.61. The van der Waals surface area contributed by atoms with Crippen molar-refractivity contribution in [2.24, 2.45) is 0 Å². The number of carbonyl (C=O) groups excluding carboxylic acids is 2. The molecule has 1 saturated heterocycles. The molecule has 3 aromatic heterocycles. The van der Waals surface area contributed by atoms with Crippen LogP contribution in [0.4, 0.5) is 0 Å². The van der Waals surface area contributed by atoms with Crippen LogP contribution in [0.15, 0.2) is 49.1 Å². The van der Waals surface area contributed by atoms with Crippen molar-refractivity contribution in [2.75, 3.05) is 13.7 Å². The fourth-order valence-electron chi connectivity index (χ4n) is 5.21. The van der Waals surface area contributed by atoms with E-state index in [0.29, 0.717) is 45.8 Å². The maximum atomic E-state index is 13.9. The van der Waals surface area contributed by atoms with E-state index in [1.165, 1.54) is 6.20 Å². The molecule has 2 unspecified atom stereocenters. The van der Waals surface area contributed by atoms with Crippen molar-refractivity contribution in [3.8, 4) is 23.1 Å². The predicted molar refractivity (Wildman–Crippen MR) is 140 cm³/mol. The summed E-state index contributed by atoms with van der Waals surface area (Å²) in [7, 11) is 1.55. The van der Waals surface area contributed by atoms with E-state index in [1.54, 1.807) is 59.2 Å². The molecule has 4 aromatic rings. The van der Waals surface area contributed by atoms with E-state index in [9.17, 15) is 14.9 Å². The van der Waals surface area contributed by atoms with Gasteiger partial charge in [0.15, 0.2) is 11.4 Å². The molecule has 0 aliphatic carbocycles. The molecule has 5 rings (SSSR count). The molecular formula is C28H29N7O3. The molecule has 2 atom stereocenters. The summed E-state index contributed by atoms with van der Waals surface area (Å²) >= 11 is 0. The number of likely N-dealkylation sites (tertiary alicyclic amines) is 1. The maximum Gasteiger partial charge on any atom is 0.244 e. The fraction of sp³-hybridized carbons (Fsp3) is 0.357. The largest absolute Gasteiger partial charge is 0.496 e. The number of amides is 1. The minimum atomic E-state index is -0.579. The van der Waals surface area contributed by atoms with Crippen LogP contribution in [0.25, 0.3) is 16.9 Å². The predicted octanol–water partition coefficient (Wildman–Crippen LogP) is 3.86. The summed E-state index contributed by atoms with van der Waals surface area (Å²) in [5.74, 6) is -0.212. The van der Waals surface area contributed by atoms with Crippen molar-refractivity contribution in [2.45, 2.75) is 51.6 Å². The maximum absolute atomic E-state index is 13.9. The summed E-state index contributed by atoms with van der Waals surface area (Å²) < 4.78 is 8.77. The lowest BCUT2D eigenvalue weighted by molar-refractivity contribution is -0.132. The van der Waals surface area contributed by atoms with Gasteiger partial charge in [-0.3, -0.25) is 14.3 Å². The van der Waals surface area contributed by atoms with E-state index in [-0.39, 0.29) is 24.3 Å². The van der Waals surface area contributed by atoms with E-state index in [0.717, 1.165) is 19.4 Å². The van der Waals surface area contributed by atoms with E-state index in [2.05, 4.69) is 23.1 Å². The molecule has 38 heavy (non-hydrogen) atoms. The van der Waals surface area contributed by atoms with Gasteiger partial charge < -0.3 is 9.64 Å². The summed E-state index contributed by atoms with van der Waals surface area (Å²) in [5, 5.41) is 18.6. The van der Waals surface area contributed by atoms with Gasteiger partial charge in [-0.25, -0.2) is 9.50 Å². The van der Waals surface area contributed by atoms with Gasteiger partial charge in [-0.1, -0.05) is 6.92 Å². The van der Waals surface area contributed by atoms with Gasteiger partial charge in [0.05, 0.1) is 42.1 Å². The number of rotatable bonds is 8. The minimum Gasteiger partial charge on any atom is -0.496 e. The van der Waals surface area contributed by atoms with Crippen LogP contribution in [0.2, 0.25) is 0 Å². The van der Waals surface area contributed by atoms with Gasteiger partial charge in [0.25, 0.3) is 0 Å². The Labute approximate surface area is 220 Å². The Bertz CT molecular complexity index is 1550. The van der Waals surface area contributed by atoms with E-state index in [4.69, 9.17) is 9.84 Å². The Kier molecular flexibility index (Phi) is 6.92. The van der Waals surface area contributed by atoms with Crippen LogP contribution >= 0.6 is 0 Å². The molecule has 0 spiro atoms. The first-order valence-corrected chi connectivity index (χ1v) is 12.7. The van der Waals surface area contributed by atoms with Gasteiger partial charge in [-0.2, -0.15) is 15.5 Å². The monoisotopic (exact) mass is 511 g/mol. The molecule has 10 heteroatoms. The summed E-state index contributed by atoms with van der Waals surface area (Å²) in [5.41, 5.74) is 3.08. The van der Waals surface area contributed by atoms with Crippen LogP contribution in [-0.2, 0) is 11.3 Å². The van der Waals surface area contributed by atoms with Gasteiger partial charge in [0.2, 0.25) is 5.91 Å². The van der Waals surface area contributed by atoms with E-state index in [1.807, 2.05) is 11.8 Å². The van der Waals surface area contributed by atoms with Gasteiger partial charge in [0.1, 0.15) is 12.3 Å². The second-order valence-corrected chi connectivity index (χ2v) is 9.51. The summed E-state index contributed by atoms with van der Waals surface area (Å²) in [6.07, 6.45) is 9.14. The van der Waals surface area contributed by atoms with Crippen LogP contribution in [0.1, 0.15) is 60.5 Å². The third-order valence-corrected chi connectivity index (χ3v) is 7.19. The summed E-state index contributed by atoms with van der Waals surface area (Å²) in [4.78, 5) is 33.3. The molecule has 0 N–H and O–H groups in total. The van der Waals surface area contributed by atoms with Crippen molar-refractivity contribution in [3.05, 3.63) is 65.7 Å². The highest BCUT2D eigenvalue weighted by molar-refractivity contribution is 6.06. The van der Waals surface area contributed by atoms with Gasteiger partial charge >= 0.3 is 0 Å². The number of hydrogen-bond donors (Lipinski definition) is 0. The first-order chi connectivity index (χ1) is 18.4. The quantitative estimate of drug-likeness (QED) is 0.330. The molecule has 0 saturated carbocycles. The zero-order valence-electron chi connectivity index (χ0n) is 21.7. The van der Waals surface area contributed by atoms with E-state index < -0.39 is 5.92 Å². The van der Waals surface area contributed by atoms with E-state index >= 15 is 0 Å². The Hall–Kier alpha value is -4.52. The second-order valence-electron chi connectivity index (χ2n) is 9.51. The third kappa shape index (κ3) is 4.52. The Morgan fingerprint density at radius 3 is 2.87 bits per heavy atom. The summed E-state index contributed by atoms with van der Waals surface area (Å²) in [6, 6.07) is 9.19. The average Bonchev–Trinajstić information content (AvgIpc) is 3.67. The molecule has 1 aromatic carbocycles. The Morgan fingerprint density at radius 1 is 1.32 bits per heavy atom. The topological polar surface area (TPSA) is 118 Å². The van der Waals surface area contributed by atoms with Crippen LogP contribution in [0, 0.1) is 11.3 Å². The number of aromatic nitrogens is 5. The zero-order chi connectivity index (χ0) is 26.8. The normalized spacial score (nSPS) is 15.9. The van der Waals surface area contributed by atoms with Crippen molar-refractivity contribution in [1.29, 1.82) is 5.26 Å². The first kappa shape index (κ1) is 25.1. The van der Waals surface area contributed by atoms with Crippen LogP contribution in [0.5, 0.6) is 5.75 Å². The minimum absolute atomic E-state index is 0.0143. The lowest BCUT2D eigenvalue weighted by Gasteiger charge is -2.21. The van der Waals surface area contributed by atoms with Crippen molar-refractivity contribution in [1.82, 2.24) is 29.3 Å². The van der Waals surface area contributed by atoms with Crippen molar-refractivity contribution < 1.29 is 14.3 Å². The summed E-state index contributed by atoms with van der Waals surface area (Å²) in [6.45, 7) is 4.78. The lowest BCUT2D eigenvalue weighted by atomic mass is 9.88. The number of carbonyl (C=O) groups is 2. The van der Waals surface area contributed by atoms with Crippen molar-refractivity contribution >= 4 is 17.3 Å². The lowest BCUT2D eigenvalue weighted by Crippen LogP contribution is -2.36. The molecule has 1 aliphatic rings. The molecule has 1 fully saturated rings. The van der Waals surface area contributed by atoms with Crippen LogP contribution in [-0.4, -0.2) is 60.7 Å². The van der Waals surface area contributed by atoms with Crippen LogP contribution < -0.4 is 4.74 Å². The molecule has 1 aliphatic heterocycles. The number of methoxy groups -OCH3 is 1. The number of ether oxygens (including phenoxy) is 1. The number of fused-ring (bicyclic) bond motifs is 1. The fourth-order valence-corrected chi connectivity index (χ4v) is 5.21. The standard InChI is InChI=1S/C28H29N7O3/c1-4-20(27(37)22-15-31-35-12-6-10-30-28(22)35)23-16-33(17-25(36)34-11-5-7-18(34)2)32-26(23)21-13-19(14-29)8-9-24(21)38-3/h6,8-10,12-13,15-16,18,20H,4-5,7,11,17H2,1-3H3. The number of ketones is 1. The molecular weight excluding hydrogens is 482 g/mol. The number of Topliss-reactive ketones (excluding diaryl/α,β-unsaturated/α-hetero) is 1. The molecule has 0 bridgehead atoms. The van der Waals surface area contributed by atoms with Crippen LogP contribution in [0.3, 0.4) is 0 Å². The Morgan fingerprint density at radius 2 is 2.16 bits per heavy atom. The zero-order valence-corrected chi connectivity index (χ0v) is 21.7. The second kappa shape index (κ2) is 10.5. The first-order valence-electron chi connectivity index (χ1n) is 12.7. The third-order valence-electron chi connectivity index (χ3n) is 7.19. The highest BCUT2D eigenvalue weighted by Crippen LogP contribution is 2.38.